The van der Waals surface area contributed by atoms with E-state index in [9.17, 15) is 0 Å². The molecule has 0 radical (unpaired) electrons. The Bertz CT molecular complexity index is 408. The summed E-state index contributed by atoms with van der Waals surface area (Å²) in [5.41, 5.74) is 8.46. The third-order valence-corrected chi connectivity index (χ3v) is 4.22. The topological polar surface area (TPSA) is 45.4 Å². The summed E-state index contributed by atoms with van der Waals surface area (Å²) in [6, 6.07) is 4.14. The highest BCUT2D eigenvalue weighted by molar-refractivity contribution is 5.17. The number of hydrogen-bond acceptors (Lipinski definition) is 4. The SMILES string of the molecule is Cc1cccnc1CN1CCN(C(C)(C)CN)CC1. The Labute approximate surface area is 116 Å². The molecule has 106 valence electrons. The molecule has 0 spiro atoms. The van der Waals surface area contributed by atoms with Gasteiger partial charge in [-0.05, 0) is 32.4 Å². The number of aryl methyl sites for hydroxylation is 1. The molecule has 1 saturated heterocycles. The van der Waals surface area contributed by atoms with Crippen molar-refractivity contribution in [2.75, 3.05) is 32.7 Å². The van der Waals surface area contributed by atoms with E-state index in [0.29, 0.717) is 6.54 Å². The summed E-state index contributed by atoms with van der Waals surface area (Å²) >= 11 is 0. The molecule has 0 unspecified atom stereocenters. The van der Waals surface area contributed by atoms with E-state index >= 15 is 0 Å². The molecule has 1 aromatic heterocycles. The monoisotopic (exact) mass is 262 g/mol. The largest absolute Gasteiger partial charge is 0.329 e. The maximum atomic E-state index is 5.85. The minimum absolute atomic E-state index is 0.118. The Morgan fingerprint density at radius 1 is 1.26 bits per heavy atom. The van der Waals surface area contributed by atoms with Crippen molar-refractivity contribution < 1.29 is 0 Å². The van der Waals surface area contributed by atoms with Crippen molar-refractivity contribution >= 4 is 0 Å². The van der Waals surface area contributed by atoms with Gasteiger partial charge in [0, 0.05) is 51.0 Å². The van der Waals surface area contributed by atoms with E-state index in [1.807, 2.05) is 12.3 Å². The molecule has 0 saturated carbocycles. The van der Waals surface area contributed by atoms with Gasteiger partial charge in [0.05, 0.1) is 5.69 Å². The van der Waals surface area contributed by atoms with Crippen molar-refractivity contribution in [3.8, 4) is 0 Å². The number of nitrogens with two attached hydrogens (primary N) is 1. The van der Waals surface area contributed by atoms with Gasteiger partial charge in [-0.1, -0.05) is 6.07 Å². The molecule has 1 fully saturated rings. The zero-order valence-electron chi connectivity index (χ0n) is 12.4. The van der Waals surface area contributed by atoms with Gasteiger partial charge in [-0.2, -0.15) is 0 Å². The summed E-state index contributed by atoms with van der Waals surface area (Å²) in [5.74, 6) is 0. The van der Waals surface area contributed by atoms with Gasteiger partial charge < -0.3 is 5.73 Å². The molecule has 1 aromatic rings. The zero-order valence-corrected chi connectivity index (χ0v) is 12.4. The van der Waals surface area contributed by atoms with Crippen LogP contribution in [0.5, 0.6) is 0 Å². The van der Waals surface area contributed by atoms with Crippen LogP contribution in [-0.4, -0.2) is 53.0 Å². The first-order valence-electron chi connectivity index (χ1n) is 7.11. The average Bonchev–Trinajstić information content (AvgIpc) is 2.42. The van der Waals surface area contributed by atoms with Crippen molar-refractivity contribution in [3.05, 3.63) is 29.6 Å². The van der Waals surface area contributed by atoms with Crippen LogP contribution in [0, 0.1) is 6.92 Å². The summed E-state index contributed by atoms with van der Waals surface area (Å²) in [6.45, 7) is 12.6. The highest BCUT2D eigenvalue weighted by atomic mass is 15.3. The number of hydrogen-bond donors (Lipinski definition) is 1. The quantitative estimate of drug-likeness (QED) is 0.887. The lowest BCUT2D eigenvalue weighted by Crippen LogP contribution is -2.57. The highest BCUT2D eigenvalue weighted by Gasteiger charge is 2.28. The second-order valence-corrected chi connectivity index (χ2v) is 6.05. The minimum Gasteiger partial charge on any atom is -0.329 e. The van der Waals surface area contributed by atoms with E-state index in [-0.39, 0.29) is 5.54 Å². The Morgan fingerprint density at radius 2 is 1.95 bits per heavy atom. The predicted molar refractivity (Wildman–Crippen MR) is 79.0 cm³/mol. The fourth-order valence-electron chi connectivity index (χ4n) is 2.54. The first kappa shape index (κ1) is 14.4. The normalized spacial score (nSPS) is 18.7. The molecule has 0 atom stereocenters. The zero-order chi connectivity index (χ0) is 13.9. The van der Waals surface area contributed by atoms with Crippen LogP contribution in [0.25, 0.3) is 0 Å². The highest BCUT2D eigenvalue weighted by Crippen LogP contribution is 2.17. The molecular formula is C15H26N4. The first-order chi connectivity index (χ1) is 9.03. The maximum absolute atomic E-state index is 5.85. The molecule has 4 heteroatoms. The van der Waals surface area contributed by atoms with Crippen LogP contribution < -0.4 is 5.73 Å². The third kappa shape index (κ3) is 3.53. The molecule has 0 aromatic carbocycles. The Morgan fingerprint density at radius 3 is 2.53 bits per heavy atom. The van der Waals surface area contributed by atoms with Crippen molar-refractivity contribution in [2.24, 2.45) is 5.73 Å². The molecule has 1 aliphatic rings. The summed E-state index contributed by atoms with van der Waals surface area (Å²) < 4.78 is 0. The van der Waals surface area contributed by atoms with Crippen LogP contribution in [0.2, 0.25) is 0 Å². The van der Waals surface area contributed by atoms with E-state index in [1.165, 1.54) is 11.3 Å². The van der Waals surface area contributed by atoms with Gasteiger partial charge in [-0.3, -0.25) is 14.8 Å². The number of nitrogens with zero attached hydrogens (tertiary/aromatic N) is 3. The smallest absolute Gasteiger partial charge is 0.0573 e. The Hall–Kier alpha value is -0.970. The Balaban J connectivity index is 1.89. The second kappa shape index (κ2) is 5.99. The van der Waals surface area contributed by atoms with E-state index in [2.05, 4.69) is 41.6 Å². The minimum atomic E-state index is 0.118. The molecule has 4 nitrogen and oxygen atoms in total. The lowest BCUT2D eigenvalue weighted by Gasteiger charge is -2.43. The lowest BCUT2D eigenvalue weighted by atomic mass is 10.0. The van der Waals surface area contributed by atoms with Crippen LogP contribution in [0.1, 0.15) is 25.1 Å². The fraction of sp³-hybridized carbons (Fsp3) is 0.667. The standard InChI is InChI=1S/C15H26N4/c1-13-5-4-6-17-14(13)11-18-7-9-19(10-8-18)15(2,3)12-16/h4-6H,7-12,16H2,1-3H3. The molecule has 0 aliphatic carbocycles. The van der Waals surface area contributed by atoms with Crippen LogP contribution >= 0.6 is 0 Å². The lowest BCUT2D eigenvalue weighted by molar-refractivity contribution is 0.0532. The van der Waals surface area contributed by atoms with Gasteiger partial charge in [0.1, 0.15) is 0 Å². The molecule has 2 rings (SSSR count). The van der Waals surface area contributed by atoms with Gasteiger partial charge in [-0.15, -0.1) is 0 Å². The molecule has 2 N–H and O–H groups in total. The van der Waals surface area contributed by atoms with E-state index < -0.39 is 0 Å². The number of piperazine rings is 1. The van der Waals surface area contributed by atoms with Crippen LogP contribution in [0.3, 0.4) is 0 Å². The van der Waals surface area contributed by atoms with E-state index in [0.717, 1.165) is 32.7 Å². The summed E-state index contributed by atoms with van der Waals surface area (Å²) in [7, 11) is 0. The number of aromatic nitrogens is 1. The summed E-state index contributed by atoms with van der Waals surface area (Å²) in [6.07, 6.45) is 1.89. The van der Waals surface area contributed by atoms with Crippen molar-refractivity contribution in [1.82, 2.24) is 14.8 Å². The van der Waals surface area contributed by atoms with E-state index in [1.54, 1.807) is 0 Å². The van der Waals surface area contributed by atoms with Gasteiger partial charge >= 0.3 is 0 Å². The van der Waals surface area contributed by atoms with Crippen molar-refractivity contribution in [1.29, 1.82) is 0 Å². The third-order valence-electron chi connectivity index (χ3n) is 4.22. The van der Waals surface area contributed by atoms with Crippen LogP contribution in [-0.2, 0) is 6.54 Å². The van der Waals surface area contributed by atoms with Crippen molar-refractivity contribution in [2.45, 2.75) is 32.9 Å². The van der Waals surface area contributed by atoms with E-state index in [4.69, 9.17) is 5.73 Å². The molecule has 0 bridgehead atoms. The maximum Gasteiger partial charge on any atom is 0.0573 e. The number of rotatable bonds is 4. The number of pyridine rings is 1. The van der Waals surface area contributed by atoms with Gasteiger partial charge in [0.25, 0.3) is 0 Å². The van der Waals surface area contributed by atoms with Gasteiger partial charge in [0.2, 0.25) is 0 Å². The average molecular weight is 262 g/mol. The van der Waals surface area contributed by atoms with Crippen molar-refractivity contribution in [3.63, 3.8) is 0 Å². The first-order valence-corrected chi connectivity index (χ1v) is 7.11. The molecular weight excluding hydrogens is 236 g/mol. The molecule has 2 heterocycles. The second-order valence-electron chi connectivity index (χ2n) is 6.05. The molecule has 0 amide bonds. The van der Waals surface area contributed by atoms with Gasteiger partial charge in [0.15, 0.2) is 0 Å². The summed E-state index contributed by atoms with van der Waals surface area (Å²) in [4.78, 5) is 9.46. The molecule has 1 aliphatic heterocycles. The van der Waals surface area contributed by atoms with Crippen LogP contribution in [0.15, 0.2) is 18.3 Å². The Kier molecular flexibility index (Phi) is 4.55. The van der Waals surface area contributed by atoms with Gasteiger partial charge in [-0.25, -0.2) is 0 Å². The van der Waals surface area contributed by atoms with Crippen LogP contribution in [0.4, 0.5) is 0 Å². The predicted octanol–water partition coefficient (Wildman–Crippen LogP) is 1.24. The molecule has 19 heavy (non-hydrogen) atoms. The fourth-order valence-corrected chi connectivity index (χ4v) is 2.54. The summed E-state index contributed by atoms with van der Waals surface area (Å²) in [5, 5.41) is 0.